The SMILES string of the molecule is COc1c(NN)ncnc1NCC1C(C)(C)C1(C)C. The summed E-state index contributed by atoms with van der Waals surface area (Å²) in [5.41, 5.74) is 3.19. The Labute approximate surface area is 114 Å². The molecule has 1 saturated carbocycles. The number of hydrazine groups is 1. The maximum atomic E-state index is 5.40. The zero-order valence-electron chi connectivity index (χ0n) is 12.2. The van der Waals surface area contributed by atoms with E-state index in [0.29, 0.717) is 34.1 Å². The summed E-state index contributed by atoms with van der Waals surface area (Å²) < 4.78 is 5.29. The van der Waals surface area contributed by atoms with E-state index in [1.54, 1.807) is 7.11 Å². The lowest BCUT2D eigenvalue weighted by molar-refractivity contribution is 0.414. The van der Waals surface area contributed by atoms with E-state index in [-0.39, 0.29) is 0 Å². The molecule has 106 valence electrons. The highest BCUT2D eigenvalue weighted by Crippen LogP contribution is 2.68. The van der Waals surface area contributed by atoms with E-state index < -0.39 is 0 Å². The van der Waals surface area contributed by atoms with Gasteiger partial charge in [0.2, 0.25) is 5.75 Å². The normalized spacial score (nSPS) is 19.9. The molecule has 1 heterocycles. The van der Waals surface area contributed by atoms with Crippen molar-refractivity contribution in [2.24, 2.45) is 22.6 Å². The zero-order chi connectivity index (χ0) is 14.3. The molecule has 2 rings (SSSR count). The molecule has 19 heavy (non-hydrogen) atoms. The van der Waals surface area contributed by atoms with Crippen LogP contribution < -0.4 is 21.3 Å². The Balaban J connectivity index is 2.09. The summed E-state index contributed by atoms with van der Waals surface area (Å²) in [5.74, 6) is 7.70. The molecule has 1 aliphatic rings. The van der Waals surface area contributed by atoms with Crippen LogP contribution in [-0.4, -0.2) is 23.6 Å². The Morgan fingerprint density at radius 1 is 1.21 bits per heavy atom. The summed E-state index contributed by atoms with van der Waals surface area (Å²) in [6.45, 7) is 10.0. The summed E-state index contributed by atoms with van der Waals surface area (Å²) in [7, 11) is 1.58. The highest BCUT2D eigenvalue weighted by molar-refractivity contribution is 5.63. The second kappa shape index (κ2) is 4.52. The average Bonchev–Trinajstić information content (AvgIpc) is 2.76. The third kappa shape index (κ3) is 2.10. The smallest absolute Gasteiger partial charge is 0.205 e. The van der Waals surface area contributed by atoms with Crippen molar-refractivity contribution in [1.29, 1.82) is 0 Å². The van der Waals surface area contributed by atoms with Gasteiger partial charge in [-0.1, -0.05) is 27.7 Å². The van der Waals surface area contributed by atoms with Crippen LogP contribution >= 0.6 is 0 Å². The number of nitrogens with two attached hydrogens (primary N) is 1. The van der Waals surface area contributed by atoms with Gasteiger partial charge in [-0.2, -0.15) is 0 Å². The minimum atomic E-state index is 0.342. The number of nitrogen functional groups attached to an aromatic ring is 1. The maximum Gasteiger partial charge on any atom is 0.205 e. The minimum absolute atomic E-state index is 0.342. The fourth-order valence-electron chi connectivity index (χ4n) is 2.84. The van der Waals surface area contributed by atoms with Crippen LogP contribution in [0, 0.1) is 16.7 Å². The first-order chi connectivity index (χ1) is 8.86. The predicted octanol–water partition coefficient (Wildman–Crippen LogP) is 1.86. The van der Waals surface area contributed by atoms with Crippen molar-refractivity contribution in [3.63, 3.8) is 0 Å². The van der Waals surface area contributed by atoms with Gasteiger partial charge in [0.25, 0.3) is 0 Å². The Bertz CT molecular complexity index is 458. The molecule has 1 aromatic rings. The summed E-state index contributed by atoms with van der Waals surface area (Å²) in [6, 6.07) is 0. The molecular formula is C13H23N5O. The Kier molecular flexibility index (Phi) is 3.30. The molecule has 0 radical (unpaired) electrons. The maximum absolute atomic E-state index is 5.40. The van der Waals surface area contributed by atoms with Crippen molar-refractivity contribution < 1.29 is 4.74 Å². The lowest BCUT2D eigenvalue weighted by Crippen LogP contribution is -2.14. The van der Waals surface area contributed by atoms with E-state index in [2.05, 4.69) is 48.4 Å². The van der Waals surface area contributed by atoms with Gasteiger partial charge < -0.3 is 15.5 Å². The Morgan fingerprint density at radius 2 is 1.79 bits per heavy atom. The van der Waals surface area contributed by atoms with Crippen LogP contribution in [0.1, 0.15) is 27.7 Å². The number of hydrogen-bond donors (Lipinski definition) is 3. The van der Waals surface area contributed by atoms with Crippen molar-refractivity contribution in [2.75, 3.05) is 24.4 Å². The number of aromatic nitrogens is 2. The van der Waals surface area contributed by atoms with E-state index in [1.807, 2.05) is 0 Å². The molecule has 6 heteroatoms. The lowest BCUT2D eigenvalue weighted by atomic mass is 10.0. The fraction of sp³-hybridized carbons (Fsp3) is 0.692. The van der Waals surface area contributed by atoms with E-state index in [9.17, 15) is 0 Å². The molecular weight excluding hydrogens is 242 g/mol. The first kappa shape index (κ1) is 13.9. The second-order valence-electron chi connectivity index (χ2n) is 6.13. The van der Waals surface area contributed by atoms with Crippen LogP contribution in [-0.2, 0) is 0 Å². The molecule has 1 aliphatic carbocycles. The highest BCUT2D eigenvalue weighted by Gasteiger charge is 2.64. The first-order valence-electron chi connectivity index (χ1n) is 6.45. The van der Waals surface area contributed by atoms with Gasteiger partial charge in [-0.05, 0) is 16.7 Å². The Hall–Kier alpha value is -1.56. The second-order valence-corrected chi connectivity index (χ2v) is 6.13. The third-order valence-corrected chi connectivity index (χ3v) is 4.94. The average molecular weight is 265 g/mol. The van der Waals surface area contributed by atoms with E-state index >= 15 is 0 Å². The molecule has 0 atom stereocenters. The molecule has 0 amide bonds. The number of hydrogen-bond acceptors (Lipinski definition) is 6. The number of rotatable bonds is 5. The first-order valence-corrected chi connectivity index (χ1v) is 6.45. The van der Waals surface area contributed by atoms with Gasteiger partial charge in [0.05, 0.1) is 7.11 Å². The fourth-order valence-corrected chi connectivity index (χ4v) is 2.84. The van der Waals surface area contributed by atoms with Crippen molar-refractivity contribution in [3.05, 3.63) is 6.33 Å². The zero-order valence-corrected chi connectivity index (χ0v) is 12.2. The van der Waals surface area contributed by atoms with Gasteiger partial charge in [-0.3, -0.25) is 0 Å². The number of anilines is 2. The molecule has 1 aromatic heterocycles. The molecule has 1 fully saturated rings. The summed E-state index contributed by atoms with van der Waals surface area (Å²) in [4.78, 5) is 8.23. The van der Waals surface area contributed by atoms with Crippen LogP contribution in [0.15, 0.2) is 6.33 Å². The number of methoxy groups -OCH3 is 1. The van der Waals surface area contributed by atoms with Crippen molar-refractivity contribution in [3.8, 4) is 5.75 Å². The van der Waals surface area contributed by atoms with Gasteiger partial charge in [0.15, 0.2) is 11.6 Å². The molecule has 6 nitrogen and oxygen atoms in total. The molecule has 0 bridgehead atoms. The van der Waals surface area contributed by atoms with Crippen molar-refractivity contribution >= 4 is 11.6 Å². The van der Waals surface area contributed by atoms with Crippen LogP contribution in [0.25, 0.3) is 0 Å². The van der Waals surface area contributed by atoms with Gasteiger partial charge >= 0.3 is 0 Å². The Morgan fingerprint density at radius 3 is 2.26 bits per heavy atom. The van der Waals surface area contributed by atoms with Crippen molar-refractivity contribution in [2.45, 2.75) is 27.7 Å². The molecule has 0 aliphatic heterocycles. The topological polar surface area (TPSA) is 85.1 Å². The van der Waals surface area contributed by atoms with E-state index in [1.165, 1.54) is 6.33 Å². The summed E-state index contributed by atoms with van der Waals surface area (Å²) >= 11 is 0. The molecule has 4 N–H and O–H groups in total. The quantitative estimate of drug-likeness (QED) is 0.556. The van der Waals surface area contributed by atoms with E-state index in [0.717, 1.165) is 6.54 Å². The number of nitrogens with zero attached hydrogens (tertiary/aromatic N) is 2. The van der Waals surface area contributed by atoms with E-state index in [4.69, 9.17) is 10.6 Å². The third-order valence-electron chi connectivity index (χ3n) is 4.94. The monoisotopic (exact) mass is 265 g/mol. The van der Waals surface area contributed by atoms with Gasteiger partial charge in [0.1, 0.15) is 6.33 Å². The van der Waals surface area contributed by atoms with Gasteiger partial charge in [-0.15, -0.1) is 0 Å². The number of nitrogens with one attached hydrogen (secondary N) is 2. The van der Waals surface area contributed by atoms with Crippen LogP contribution in [0.3, 0.4) is 0 Å². The van der Waals surface area contributed by atoms with Crippen molar-refractivity contribution in [1.82, 2.24) is 9.97 Å². The van der Waals surface area contributed by atoms with Crippen LogP contribution in [0.4, 0.5) is 11.6 Å². The van der Waals surface area contributed by atoms with Crippen LogP contribution in [0.5, 0.6) is 5.75 Å². The predicted molar refractivity (Wildman–Crippen MR) is 75.9 cm³/mol. The largest absolute Gasteiger partial charge is 0.490 e. The number of ether oxygens (including phenoxy) is 1. The summed E-state index contributed by atoms with van der Waals surface area (Å²) in [5, 5.41) is 3.34. The minimum Gasteiger partial charge on any atom is -0.490 e. The molecule has 0 unspecified atom stereocenters. The molecule has 0 spiro atoms. The standard InChI is InChI=1S/C13H23N5O/c1-12(2)8(13(12,3)4)6-15-10-9(19-5)11(18-14)17-7-16-10/h7-8H,6,14H2,1-5H3,(H2,15,16,17,18). The van der Waals surface area contributed by atoms with Gasteiger partial charge in [-0.25, -0.2) is 15.8 Å². The van der Waals surface area contributed by atoms with Gasteiger partial charge in [0, 0.05) is 6.54 Å². The molecule has 0 saturated heterocycles. The molecule has 0 aromatic carbocycles. The highest BCUT2D eigenvalue weighted by atomic mass is 16.5. The summed E-state index contributed by atoms with van der Waals surface area (Å²) in [6.07, 6.45) is 1.46. The lowest BCUT2D eigenvalue weighted by Gasteiger charge is -2.13. The van der Waals surface area contributed by atoms with Crippen LogP contribution in [0.2, 0.25) is 0 Å².